The average molecular weight is 336 g/mol. The van der Waals surface area contributed by atoms with Gasteiger partial charge in [0.1, 0.15) is 5.75 Å². The van der Waals surface area contributed by atoms with Gasteiger partial charge in [-0.15, -0.1) is 11.8 Å². The quantitative estimate of drug-likeness (QED) is 0.799. The van der Waals surface area contributed by atoms with Gasteiger partial charge in [0.25, 0.3) is 0 Å². The van der Waals surface area contributed by atoms with E-state index in [1.165, 1.54) is 17.3 Å². The van der Waals surface area contributed by atoms with Crippen LogP contribution >= 0.6 is 23.4 Å². The molecule has 0 fully saturated rings. The summed E-state index contributed by atoms with van der Waals surface area (Å²) < 4.78 is 5.23. The van der Waals surface area contributed by atoms with Crippen molar-refractivity contribution < 1.29 is 9.53 Å². The zero-order valence-corrected chi connectivity index (χ0v) is 14.3. The highest BCUT2D eigenvalue weighted by molar-refractivity contribution is 8.00. The van der Waals surface area contributed by atoms with Crippen LogP contribution in [0, 0.1) is 6.92 Å². The summed E-state index contributed by atoms with van der Waals surface area (Å²) in [5.74, 6) is 0.497. The molecule has 0 heterocycles. The Hall–Kier alpha value is -1.65. The Morgan fingerprint density at radius 1 is 1.23 bits per heavy atom. The van der Waals surface area contributed by atoms with E-state index in [1.807, 2.05) is 38.1 Å². The first-order valence-corrected chi connectivity index (χ1v) is 8.13. The first-order valence-electron chi connectivity index (χ1n) is 6.87. The van der Waals surface area contributed by atoms with Gasteiger partial charge in [0.15, 0.2) is 0 Å². The molecule has 0 radical (unpaired) electrons. The van der Waals surface area contributed by atoms with E-state index in [9.17, 15) is 4.79 Å². The van der Waals surface area contributed by atoms with Crippen LogP contribution in [0.5, 0.6) is 5.75 Å². The number of halogens is 1. The Labute approximate surface area is 140 Å². The second kappa shape index (κ2) is 7.56. The zero-order chi connectivity index (χ0) is 16.1. The lowest BCUT2D eigenvalue weighted by Crippen LogP contribution is -2.22. The Balaban J connectivity index is 2.05. The molecule has 22 heavy (non-hydrogen) atoms. The molecule has 2 rings (SSSR count). The van der Waals surface area contributed by atoms with Gasteiger partial charge in [0.05, 0.1) is 18.0 Å². The van der Waals surface area contributed by atoms with Crippen LogP contribution in [-0.4, -0.2) is 18.3 Å². The maximum Gasteiger partial charge on any atom is 0.237 e. The molecule has 1 amide bonds. The second-order valence-electron chi connectivity index (χ2n) is 4.91. The number of benzene rings is 2. The van der Waals surface area contributed by atoms with E-state index in [0.717, 1.165) is 4.90 Å². The van der Waals surface area contributed by atoms with E-state index in [0.29, 0.717) is 16.5 Å². The molecule has 2 aromatic carbocycles. The normalized spacial score (nSPS) is 11.8. The Morgan fingerprint density at radius 2 is 1.91 bits per heavy atom. The minimum absolute atomic E-state index is 0.0915. The van der Waals surface area contributed by atoms with Crippen LogP contribution in [0.4, 0.5) is 5.69 Å². The van der Waals surface area contributed by atoms with E-state index in [-0.39, 0.29) is 11.2 Å². The molecule has 0 saturated carbocycles. The van der Waals surface area contributed by atoms with Gasteiger partial charge in [-0.2, -0.15) is 0 Å². The van der Waals surface area contributed by atoms with Crippen molar-refractivity contribution >= 4 is 35.0 Å². The number of carbonyl (C=O) groups excluding carboxylic acids is 1. The van der Waals surface area contributed by atoms with Gasteiger partial charge in [0, 0.05) is 9.92 Å². The number of anilines is 1. The van der Waals surface area contributed by atoms with E-state index < -0.39 is 0 Å². The highest BCUT2D eigenvalue weighted by atomic mass is 35.5. The van der Waals surface area contributed by atoms with Crippen molar-refractivity contribution in [1.82, 2.24) is 0 Å². The smallest absolute Gasteiger partial charge is 0.237 e. The zero-order valence-electron chi connectivity index (χ0n) is 12.7. The first-order chi connectivity index (χ1) is 10.5. The summed E-state index contributed by atoms with van der Waals surface area (Å²) in [6.07, 6.45) is 0. The lowest BCUT2D eigenvalue weighted by molar-refractivity contribution is -0.115. The topological polar surface area (TPSA) is 38.3 Å². The summed E-state index contributed by atoms with van der Waals surface area (Å²) in [5.41, 5.74) is 1.78. The molecule has 0 bridgehead atoms. The fourth-order valence-corrected chi connectivity index (χ4v) is 2.93. The standard InChI is InChI=1S/C17H18ClNO2S/c1-11-4-7-14(8-5-11)22-12(2)17(20)19-15-10-13(18)6-9-16(15)21-3/h4-10,12H,1-3H3,(H,19,20)/t12-/m0/s1. The number of aryl methyl sites for hydroxylation is 1. The number of carbonyl (C=O) groups is 1. The number of hydrogen-bond donors (Lipinski definition) is 1. The molecule has 0 aliphatic carbocycles. The molecule has 1 atom stereocenters. The summed E-state index contributed by atoms with van der Waals surface area (Å²) in [6.45, 7) is 3.91. The Kier molecular flexibility index (Phi) is 5.75. The van der Waals surface area contributed by atoms with E-state index in [4.69, 9.17) is 16.3 Å². The predicted molar refractivity (Wildman–Crippen MR) is 93.1 cm³/mol. The fraction of sp³-hybridized carbons (Fsp3) is 0.235. The van der Waals surface area contributed by atoms with Crippen LogP contribution in [0.15, 0.2) is 47.4 Å². The maximum atomic E-state index is 12.3. The largest absolute Gasteiger partial charge is 0.495 e. The number of rotatable bonds is 5. The monoisotopic (exact) mass is 335 g/mol. The third kappa shape index (κ3) is 4.42. The third-order valence-corrected chi connectivity index (χ3v) is 4.47. The molecular formula is C17H18ClNO2S. The van der Waals surface area contributed by atoms with Gasteiger partial charge in [-0.1, -0.05) is 29.3 Å². The van der Waals surface area contributed by atoms with E-state index >= 15 is 0 Å². The first kappa shape index (κ1) is 16.7. The molecule has 1 N–H and O–H groups in total. The number of hydrogen-bond acceptors (Lipinski definition) is 3. The van der Waals surface area contributed by atoms with Gasteiger partial charge >= 0.3 is 0 Å². The minimum Gasteiger partial charge on any atom is -0.495 e. The molecule has 0 spiro atoms. The van der Waals surface area contributed by atoms with Crippen molar-refractivity contribution in [2.75, 3.05) is 12.4 Å². The number of ether oxygens (including phenoxy) is 1. The molecule has 0 aliphatic rings. The highest BCUT2D eigenvalue weighted by Crippen LogP contribution is 2.29. The SMILES string of the molecule is COc1ccc(Cl)cc1NC(=O)[C@H](C)Sc1ccc(C)cc1. The van der Waals surface area contributed by atoms with Gasteiger partial charge in [-0.3, -0.25) is 4.79 Å². The Bertz CT molecular complexity index is 658. The summed E-state index contributed by atoms with van der Waals surface area (Å²) in [7, 11) is 1.56. The summed E-state index contributed by atoms with van der Waals surface area (Å²) in [4.78, 5) is 13.4. The van der Waals surface area contributed by atoms with Crippen molar-refractivity contribution in [2.24, 2.45) is 0 Å². The average Bonchev–Trinajstić information content (AvgIpc) is 2.49. The molecular weight excluding hydrogens is 318 g/mol. The van der Waals surface area contributed by atoms with E-state index in [1.54, 1.807) is 25.3 Å². The van der Waals surface area contributed by atoms with Gasteiger partial charge in [-0.05, 0) is 44.2 Å². The summed E-state index contributed by atoms with van der Waals surface area (Å²) in [5, 5.41) is 3.19. The van der Waals surface area contributed by atoms with Gasteiger partial charge < -0.3 is 10.1 Å². The van der Waals surface area contributed by atoms with Gasteiger partial charge in [-0.25, -0.2) is 0 Å². The highest BCUT2D eigenvalue weighted by Gasteiger charge is 2.16. The van der Waals surface area contributed by atoms with Crippen molar-refractivity contribution in [2.45, 2.75) is 24.0 Å². The van der Waals surface area contributed by atoms with Crippen LogP contribution in [0.3, 0.4) is 0 Å². The van der Waals surface area contributed by atoms with Crippen LogP contribution in [0.2, 0.25) is 5.02 Å². The van der Waals surface area contributed by atoms with Crippen LogP contribution in [0.25, 0.3) is 0 Å². The lowest BCUT2D eigenvalue weighted by atomic mass is 10.2. The van der Waals surface area contributed by atoms with Crippen molar-refractivity contribution in [3.63, 3.8) is 0 Å². The number of methoxy groups -OCH3 is 1. The molecule has 116 valence electrons. The molecule has 0 aromatic heterocycles. The van der Waals surface area contributed by atoms with Crippen molar-refractivity contribution in [3.8, 4) is 5.75 Å². The van der Waals surface area contributed by atoms with E-state index in [2.05, 4.69) is 5.32 Å². The molecule has 2 aromatic rings. The van der Waals surface area contributed by atoms with Crippen LogP contribution < -0.4 is 10.1 Å². The predicted octanol–water partition coefficient (Wildman–Crippen LogP) is 4.78. The van der Waals surface area contributed by atoms with Crippen LogP contribution in [0.1, 0.15) is 12.5 Å². The fourth-order valence-electron chi connectivity index (χ4n) is 1.89. The van der Waals surface area contributed by atoms with Crippen molar-refractivity contribution in [1.29, 1.82) is 0 Å². The molecule has 5 heteroatoms. The lowest BCUT2D eigenvalue weighted by Gasteiger charge is -2.14. The molecule has 0 unspecified atom stereocenters. The Morgan fingerprint density at radius 3 is 2.55 bits per heavy atom. The maximum absolute atomic E-state index is 12.3. The minimum atomic E-state index is -0.230. The molecule has 3 nitrogen and oxygen atoms in total. The molecule has 0 saturated heterocycles. The number of nitrogens with one attached hydrogen (secondary N) is 1. The van der Waals surface area contributed by atoms with Gasteiger partial charge in [0.2, 0.25) is 5.91 Å². The third-order valence-electron chi connectivity index (χ3n) is 3.12. The number of amides is 1. The summed E-state index contributed by atoms with van der Waals surface area (Å²) >= 11 is 7.48. The van der Waals surface area contributed by atoms with Crippen molar-refractivity contribution in [3.05, 3.63) is 53.1 Å². The molecule has 0 aliphatic heterocycles. The summed E-state index contributed by atoms with van der Waals surface area (Å²) in [6, 6.07) is 13.2. The van der Waals surface area contributed by atoms with Crippen LogP contribution in [-0.2, 0) is 4.79 Å². The second-order valence-corrected chi connectivity index (χ2v) is 6.76. The number of thioether (sulfide) groups is 1.